The molecule has 0 aromatic heterocycles. The molecule has 0 aliphatic carbocycles. The molecule has 0 heterocycles. The van der Waals surface area contributed by atoms with Crippen LogP contribution >= 0.6 is 11.6 Å². The largest absolute Gasteiger partial charge is 0.337 e. The number of anilines is 1. The first-order chi connectivity index (χ1) is 13.9. The third-order valence-corrected chi connectivity index (χ3v) is 4.51. The Bertz CT molecular complexity index is 845. The number of nitrogens with one attached hydrogen (secondary N) is 2. The second kappa shape index (κ2) is 11.1. The molecule has 0 bridgehead atoms. The highest BCUT2D eigenvalue weighted by Crippen LogP contribution is 2.20. The van der Waals surface area contributed by atoms with Gasteiger partial charge in [-0.3, -0.25) is 9.59 Å². The molecule has 7 nitrogen and oxygen atoms in total. The van der Waals surface area contributed by atoms with Crippen LogP contribution < -0.4 is 10.6 Å². The van der Waals surface area contributed by atoms with Gasteiger partial charge in [-0.2, -0.15) is 0 Å². The highest BCUT2D eigenvalue weighted by atomic mass is 35.5. The molecule has 0 radical (unpaired) electrons. The molecule has 0 aliphatic heterocycles. The molecule has 154 valence electrons. The van der Waals surface area contributed by atoms with Crippen molar-refractivity contribution in [2.75, 3.05) is 32.5 Å². The monoisotopic (exact) mass is 416 g/mol. The average molecular weight is 417 g/mol. The zero-order valence-electron chi connectivity index (χ0n) is 16.5. The molecule has 0 spiro atoms. The fraction of sp³-hybridized carbons (Fsp3) is 0.286. The molecule has 2 rings (SSSR count). The number of hydrogen-bond donors (Lipinski definition) is 2. The summed E-state index contributed by atoms with van der Waals surface area (Å²) in [5.41, 5.74) is 1.51. The molecule has 0 atom stereocenters. The molecule has 2 aromatic rings. The average Bonchev–Trinajstić information content (AvgIpc) is 2.70. The topological polar surface area (TPSA) is 81.8 Å². The molecule has 0 unspecified atom stereocenters. The standard InChI is InChI=1S/C21H25ClN4O3/c1-25(15-19(27)24-18-11-7-6-10-17(18)22)20(28)12-13-23-21(29)26(2)14-16-8-4-3-5-9-16/h3-11H,12-15H2,1-2H3,(H,23,29)(H,24,27). The summed E-state index contributed by atoms with van der Waals surface area (Å²) in [6, 6.07) is 16.2. The van der Waals surface area contributed by atoms with Gasteiger partial charge < -0.3 is 20.4 Å². The summed E-state index contributed by atoms with van der Waals surface area (Å²) in [7, 11) is 3.23. The van der Waals surface area contributed by atoms with Crippen molar-refractivity contribution in [3.8, 4) is 0 Å². The maximum absolute atomic E-state index is 12.2. The number of hydrogen-bond acceptors (Lipinski definition) is 3. The lowest BCUT2D eigenvalue weighted by atomic mass is 10.2. The van der Waals surface area contributed by atoms with Crippen LogP contribution in [0.1, 0.15) is 12.0 Å². The van der Waals surface area contributed by atoms with E-state index in [0.29, 0.717) is 17.3 Å². The molecular weight excluding hydrogens is 392 g/mol. The van der Waals surface area contributed by atoms with Gasteiger partial charge in [-0.15, -0.1) is 0 Å². The number of amides is 4. The second-order valence-electron chi connectivity index (χ2n) is 6.60. The van der Waals surface area contributed by atoms with Crippen LogP contribution in [0.15, 0.2) is 54.6 Å². The van der Waals surface area contributed by atoms with Crippen LogP contribution in [-0.2, 0) is 16.1 Å². The first-order valence-electron chi connectivity index (χ1n) is 9.18. The van der Waals surface area contributed by atoms with Crippen molar-refractivity contribution in [3.05, 3.63) is 65.2 Å². The van der Waals surface area contributed by atoms with Crippen molar-refractivity contribution in [1.82, 2.24) is 15.1 Å². The fourth-order valence-corrected chi connectivity index (χ4v) is 2.77. The number of carbonyl (C=O) groups excluding carboxylic acids is 3. The summed E-state index contributed by atoms with van der Waals surface area (Å²) in [5, 5.41) is 5.81. The van der Waals surface area contributed by atoms with Crippen LogP contribution in [0.4, 0.5) is 10.5 Å². The minimum atomic E-state index is -0.347. The van der Waals surface area contributed by atoms with E-state index in [4.69, 9.17) is 11.6 Å². The maximum atomic E-state index is 12.2. The highest BCUT2D eigenvalue weighted by Gasteiger charge is 2.15. The minimum Gasteiger partial charge on any atom is -0.337 e. The van der Waals surface area contributed by atoms with E-state index in [2.05, 4.69) is 10.6 Å². The molecule has 0 fully saturated rings. The SMILES string of the molecule is CN(CC(=O)Nc1ccccc1Cl)C(=O)CCNC(=O)N(C)Cc1ccccc1. The Morgan fingerprint density at radius 2 is 1.59 bits per heavy atom. The Hall–Kier alpha value is -3.06. The van der Waals surface area contributed by atoms with E-state index in [1.807, 2.05) is 30.3 Å². The van der Waals surface area contributed by atoms with Gasteiger partial charge in [0.05, 0.1) is 17.3 Å². The van der Waals surface area contributed by atoms with E-state index in [0.717, 1.165) is 5.56 Å². The van der Waals surface area contributed by atoms with Crippen LogP contribution in [0.25, 0.3) is 0 Å². The van der Waals surface area contributed by atoms with Crippen LogP contribution in [0.3, 0.4) is 0 Å². The van der Waals surface area contributed by atoms with Gasteiger partial charge in [-0.1, -0.05) is 54.1 Å². The van der Waals surface area contributed by atoms with Crippen molar-refractivity contribution in [3.63, 3.8) is 0 Å². The molecule has 4 amide bonds. The predicted molar refractivity (Wildman–Crippen MR) is 114 cm³/mol. The fourth-order valence-electron chi connectivity index (χ4n) is 2.59. The van der Waals surface area contributed by atoms with Gasteiger partial charge >= 0.3 is 6.03 Å². The summed E-state index contributed by atoms with van der Waals surface area (Å²) in [5.74, 6) is -0.592. The molecule has 2 aromatic carbocycles. The minimum absolute atomic E-state index is 0.0980. The summed E-state index contributed by atoms with van der Waals surface area (Å²) >= 11 is 6.00. The molecular formula is C21H25ClN4O3. The third-order valence-electron chi connectivity index (χ3n) is 4.18. The summed E-state index contributed by atoms with van der Waals surface area (Å²) in [6.07, 6.45) is 0.0980. The number of halogens is 1. The highest BCUT2D eigenvalue weighted by molar-refractivity contribution is 6.33. The van der Waals surface area contributed by atoms with Crippen LogP contribution in [0.2, 0.25) is 5.02 Å². The van der Waals surface area contributed by atoms with Gasteiger partial charge in [0, 0.05) is 33.6 Å². The number of likely N-dealkylation sites (N-methyl/N-ethyl adjacent to an activating group) is 1. The van der Waals surface area contributed by atoms with Crippen LogP contribution in [0.5, 0.6) is 0 Å². The van der Waals surface area contributed by atoms with Gasteiger partial charge in [0.2, 0.25) is 11.8 Å². The van der Waals surface area contributed by atoms with Crippen LogP contribution in [0, 0.1) is 0 Å². The van der Waals surface area contributed by atoms with Crippen molar-refractivity contribution in [2.45, 2.75) is 13.0 Å². The van der Waals surface area contributed by atoms with Crippen molar-refractivity contribution >= 4 is 35.1 Å². The van der Waals surface area contributed by atoms with Gasteiger partial charge in [-0.25, -0.2) is 4.79 Å². The molecule has 0 aliphatic rings. The van der Waals surface area contributed by atoms with Gasteiger partial charge in [0.15, 0.2) is 0 Å². The lowest BCUT2D eigenvalue weighted by molar-refractivity contribution is -0.133. The van der Waals surface area contributed by atoms with Crippen molar-refractivity contribution < 1.29 is 14.4 Å². The van der Waals surface area contributed by atoms with Crippen molar-refractivity contribution in [1.29, 1.82) is 0 Å². The van der Waals surface area contributed by atoms with E-state index in [1.54, 1.807) is 36.2 Å². The Morgan fingerprint density at radius 1 is 0.931 bits per heavy atom. The number of rotatable bonds is 8. The lowest BCUT2D eigenvalue weighted by Gasteiger charge is -2.19. The summed E-state index contributed by atoms with van der Waals surface area (Å²) in [6.45, 7) is 0.557. The zero-order valence-corrected chi connectivity index (χ0v) is 17.3. The van der Waals surface area contributed by atoms with Gasteiger partial charge in [-0.05, 0) is 17.7 Å². The van der Waals surface area contributed by atoms with Crippen LogP contribution in [-0.4, -0.2) is 54.8 Å². The third kappa shape index (κ3) is 7.46. The van der Waals surface area contributed by atoms with Gasteiger partial charge in [0.25, 0.3) is 0 Å². The normalized spacial score (nSPS) is 10.2. The molecule has 29 heavy (non-hydrogen) atoms. The molecule has 2 N–H and O–H groups in total. The molecule has 0 saturated heterocycles. The number of para-hydroxylation sites is 1. The van der Waals surface area contributed by atoms with E-state index in [1.165, 1.54) is 11.9 Å². The second-order valence-corrected chi connectivity index (χ2v) is 7.01. The lowest BCUT2D eigenvalue weighted by Crippen LogP contribution is -2.40. The molecule has 0 saturated carbocycles. The smallest absolute Gasteiger partial charge is 0.317 e. The first-order valence-corrected chi connectivity index (χ1v) is 9.56. The summed E-state index contributed by atoms with van der Waals surface area (Å²) < 4.78 is 0. The Balaban J connectivity index is 1.70. The number of urea groups is 1. The number of benzene rings is 2. The first kappa shape index (κ1) is 22.2. The Kier molecular flexibility index (Phi) is 8.48. The van der Waals surface area contributed by atoms with E-state index in [9.17, 15) is 14.4 Å². The van der Waals surface area contributed by atoms with E-state index < -0.39 is 0 Å². The Morgan fingerprint density at radius 3 is 2.28 bits per heavy atom. The molecule has 8 heteroatoms. The van der Waals surface area contributed by atoms with E-state index in [-0.39, 0.29) is 37.4 Å². The predicted octanol–water partition coefficient (Wildman–Crippen LogP) is 2.97. The Labute approximate surface area is 175 Å². The van der Waals surface area contributed by atoms with Gasteiger partial charge in [0.1, 0.15) is 0 Å². The van der Waals surface area contributed by atoms with E-state index >= 15 is 0 Å². The number of nitrogens with zero attached hydrogens (tertiary/aromatic N) is 2. The van der Waals surface area contributed by atoms with Crippen molar-refractivity contribution in [2.24, 2.45) is 0 Å². The maximum Gasteiger partial charge on any atom is 0.317 e. The quantitative estimate of drug-likeness (QED) is 0.694. The summed E-state index contributed by atoms with van der Waals surface area (Å²) in [4.78, 5) is 39.3. The zero-order chi connectivity index (χ0) is 21.2. The number of carbonyl (C=O) groups is 3.